The van der Waals surface area contributed by atoms with E-state index in [0.29, 0.717) is 18.8 Å². The fraction of sp³-hybridized carbons (Fsp3) is 0.367. The van der Waals surface area contributed by atoms with Crippen molar-refractivity contribution in [2.45, 2.75) is 44.4 Å². The molecule has 9 heteroatoms. The van der Waals surface area contributed by atoms with Gasteiger partial charge in [-0.25, -0.2) is 13.2 Å². The minimum absolute atomic E-state index is 0.0856. The largest absolute Gasteiger partial charge is 0.487 e. The van der Waals surface area contributed by atoms with E-state index in [4.69, 9.17) is 9.84 Å². The van der Waals surface area contributed by atoms with Crippen LogP contribution < -0.4 is 4.74 Å². The summed E-state index contributed by atoms with van der Waals surface area (Å²) in [7, 11) is -1.96. The number of carboxylic acids is 1. The van der Waals surface area contributed by atoms with Gasteiger partial charge in [0, 0.05) is 31.6 Å². The van der Waals surface area contributed by atoms with Crippen LogP contribution in [-0.2, 0) is 16.6 Å². The Morgan fingerprint density at radius 2 is 1.72 bits per heavy atom. The van der Waals surface area contributed by atoms with Crippen LogP contribution in [0.15, 0.2) is 71.6 Å². The molecule has 1 aliphatic heterocycles. The third-order valence-electron chi connectivity index (χ3n) is 7.20. The van der Waals surface area contributed by atoms with Gasteiger partial charge in [-0.15, -0.1) is 0 Å². The Morgan fingerprint density at radius 3 is 2.33 bits per heavy atom. The predicted molar refractivity (Wildman–Crippen MR) is 150 cm³/mol. The van der Waals surface area contributed by atoms with Crippen LogP contribution in [-0.4, -0.2) is 72.7 Å². The van der Waals surface area contributed by atoms with Crippen LogP contribution in [0.2, 0.25) is 0 Å². The molecule has 39 heavy (non-hydrogen) atoms. The maximum absolute atomic E-state index is 13.7. The molecule has 0 saturated heterocycles. The number of aliphatic hydroxyl groups is 1. The van der Waals surface area contributed by atoms with E-state index in [9.17, 15) is 18.3 Å². The van der Waals surface area contributed by atoms with Gasteiger partial charge in [-0.2, -0.15) is 4.31 Å². The van der Waals surface area contributed by atoms with Crippen molar-refractivity contribution in [1.82, 2.24) is 9.21 Å². The molecule has 0 unspecified atom stereocenters. The molecule has 3 aromatic rings. The molecule has 3 aromatic carbocycles. The highest BCUT2D eigenvalue weighted by Gasteiger charge is 2.38. The van der Waals surface area contributed by atoms with Gasteiger partial charge in [0.05, 0.1) is 12.2 Å². The molecule has 208 valence electrons. The van der Waals surface area contributed by atoms with Crippen molar-refractivity contribution in [3.05, 3.63) is 83.4 Å². The summed E-state index contributed by atoms with van der Waals surface area (Å²) in [6, 6.07) is 19.4. The highest BCUT2D eigenvalue weighted by Crippen LogP contribution is 2.36. The van der Waals surface area contributed by atoms with Crippen molar-refractivity contribution >= 4 is 16.0 Å². The number of hydrogen-bond acceptors (Lipinski definition) is 6. The van der Waals surface area contributed by atoms with Crippen LogP contribution in [0.3, 0.4) is 0 Å². The molecule has 0 bridgehead atoms. The van der Waals surface area contributed by atoms with Crippen molar-refractivity contribution in [2.24, 2.45) is 5.92 Å². The first-order chi connectivity index (χ1) is 18.5. The van der Waals surface area contributed by atoms with Crippen LogP contribution in [0.4, 0.5) is 0 Å². The van der Waals surface area contributed by atoms with Gasteiger partial charge in [0.1, 0.15) is 16.7 Å². The fourth-order valence-electron chi connectivity index (χ4n) is 4.81. The number of ether oxygens (including phenoxy) is 1. The zero-order valence-electron chi connectivity index (χ0n) is 22.7. The number of hydrogen-bond donors (Lipinski definition) is 2. The normalized spacial score (nSPS) is 19.9. The zero-order valence-corrected chi connectivity index (χ0v) is 23.6. The number of benzene rings is 3. The molecule has 2 N–H and O–H groups in total. The lowest BCUT2D eigenvalue weighted by molar-refractivity contribution is 0.0697. The van der Waals surface area contributed by atoms with Crippen molar-refractivity contribution in [3.63, 3.8) is 0 Å². The van der Waals surface area contributed by atoms with Crippen molar-refractivity contribution in [1.29, 1.82) is 0 Å². The number of likely N-dealkylation sites (N-methyl/N-ethyl adjacent to an activating group) is 1. The van der Waals surface area contributed by atoms with Crippen molar-refractivity contribution in [3.8, 4) is 16.9 Å². The molecule has 3 atom stereocenters. The first-order valence-corrected chi connectivity index (χ1v) is 14.4. The number of fused-ring (bicyclic) bond motifs is 1. The topological polar surface area (TPSA) is 107 Å². The van der Waals surface area contributed by atoms with E-state index >= 15 is 0 Å². The molecular formula is C30H36N2O6S. The average Bonchev–Trinajstić information content (AvgIpc) is 2.90. The Morgan fingerprint density at radius 1 is 1.08 bits per heavy atom. The Bertz CT molecular complexity index is 1410. The summed E-state index contributed by atoms with van der Waals surface area (Å²) in [4.78, 5) is 13.3. The average molecular weight is 553 g/mol. The third kappa shape index (κ3) is 6.50. The van der Waals surface area contributed by atoms with E-state index in [1.165, 1.54) is 4.31 Å². The standard InChI is InChI=1S/C30H36N2O6S/c1-20-5-9-24(10-6-20)26-13-14-29-27(15-26)38-28(21(2)16-32(22(3)19-33)39(29,36)37)18-31(4)17-23-7-11-25(12-8-23)30(34)35/h5-15,21-22,28,33H,16-19H2,1-4H3,(H,34,35)/t21-,22+,28+/m0/s1. The van der Waals surface area contributed by atoms with Gasteiger partial charge in [-0.1, -0.05) is 55.0 Å². The first-order valence-electron chi connectivity index (χ1n) is 13.0. The number of rotatable bonds is 8. The van der Waals surface area contributed by atoms with Crippen LogP contribution in [0.1, 0.15) is 35.3 Å². The molecule has 0 amide bonds. The van der Waals surface area contributed by atoms with Gasteiger partial charge < -0.3 is 14.9 Å². The van der Waals surface area contributed by atoms with Gasteiger partial charge in [-0.3, -0.25) is 4.90 Å². The van der Waals surface area contributed by atoms with Gasteiger partial charge >= 0.3 is 5.97 Å². The molecule has 0 radical (unpaired) electrons. The number of sulfonamides is 1. The summed E-state index contributed by atoms with van der Waals surface area (Å²) in [6.45, 7) is 6.67. The maximum Gasteiger partial charge on any atom is 0.335 e. The second-order valence-electron chi connectivity index (χ2n) is 10.5. The Kier molecular flexibility index (Phi) is 8.76. The van der Waals surface area contributed by atoms with Crippen molar-refractivity contribution in [2.75, 3.05) is 26.7 Å². The number of carboxylic acid groups (broad SMARTS) is 1. The molecule has 1 aliphatic rings. The summed E-state index contributed by atoms with van der Waals surface area (Å²) in [5.41, 5.74) is 4.13. The number of aliphatic hydroxyl groups excluding tert-OH is 1. The molecule has 4 rings (SSSR count). The number of nitrogens with zero attached hydrogens (tertiary/aromatic N) is 2. The summed E-state index contributed by atoms with van der Waals surface area (Å²) in [5, 5.41) is 19.0. The Labute approximate surface area is 230 Å². The lowest BCUT2D eigenvalue weighted by Crippen LogP contribution is -2.49. The summed E-state index contributed by atoms with van der Waals surface area (Å²) in [6.07, 6.45) is -0.343. The van der Waals surface area contributed by atoms with E-state index < -0.39 is 22.0 Å². The number of carbonyl (C=O) groups is 1. The smallest absolute Gasteiger partial charge is 0.335 e. The zero-order chi connectivity index (χ0) is 28.3. The second kappa shape index (κ2) is 11.9. The minimum Gasteiger partial charge on any atom is -0.487 e. The highest BCUT2D eigenvalue weighted by molar-refractivity contribution is 7.89. The van der Waals surface area contributed by atoms with E-state index in [2.05, 4.69) is 4.90 Å². The maximum atomic E-state index is 13.7. The van der Waals surface area contributed by atoms with E-state index in [0.717, 1.165) is 22.3 Å². The summed E-state index contributed by atoms with van der Waals surface area (Å²) >= 11 is 0. The van der Waals surface area contributed by atoms with Crippen LogP contribution in [0.5, 0.6) is 5.75 Å². The Balaban J connectivity index is 1.67. The van der Waals surface area contributed by atoms with Gasteiger partial charge in [0.25, 0.3) is 0 Å². The molecule has 1 heterocycles. The number of aromatic carboxylic acids is 1. The van der Waals surface area contributed by atoms with Crippen LogP contribution >= 0.6 is 0 Å². The van der Waals surface area contributed by atoms with Crippen molar-refractivity contribution < 1.29 is 28.2 Å². The van der Waals surface area contributed by atoms with Crippen LogP contribution in [0.25, 0.3) is 11.1 Å². The molecule has 0 fully saturated rings. The second-order valence-corrected chi connectivity index (χ2v) is 12.3. The SMILES string of the molecule is Cc1ccc(-c2ccc3c(c2)O[C@H](CN(C)Cc2ccc(C(=O)O)cc2)[C@@H](C)CN([C@H](C)CO)S3(=O)=O)cc1. The lowest BCUT2D eigenvalue weighted by atomic mass is 10.0. The van der Waals surface area contributed by atoms with Gasteiger partial charge in [0.15, 0.2) is 0 Å². The van der Waals surface area contributed by atoms with Crippen LogP contribution in [0, 0.1) is 12.8 Å². The molecule has 0 spiro atoms. The minimum atomic E-state index is -3.92. The molecule has 8 nitrogen and oxygen atoms in total. The monoisotopic (exact) mass is 552 g/mol. The highest BCUT2D eigenvalue weighted by atomic mass is 32.2. The lowest BCUT2D eigenvalue weighted by Gasteiger charge is -2.37. The molecule has 0 aromatic heterocycles. The molecular weight excluding hydrogens is 516 g/mol. The Hall–Kier alpha value is -3.24. The van der Waals surface area contributed by atoms with E-state index in [1.807, 2.05) is 45.2 Å². The van der Waals surface area contributed by atoms with Gasteiger partial charge in [0.2, 0.25) is 10.0 Å². The molecule has 0 saturated carbocycles. The summed E-state index contributed by atoms with van der Waals surface area (Å²) < 4.78 is 35.4. The fourth-order valence-corrected chi connectivity index (χ4v) is 6.63. The van der Waals surface area contributed by atoms with E-state index in [1.54, 1.807) is 49.4 Å². The van der Waals surface area contributed by atoms with Gasteiger partial charge in [-0.05, 0) is 61.9 Å². The summed E-state index contributed by atoms with van der Waals surface area (Å²) in [5.74, 6) is -0.854. The molecule has 0 aliphatic carbocycles. The quantitative estimate of drug-likeness (QED) is 0.430. The first kappa shape index (κ1) is 28.8. The third-order valence-corrected chi connectivity index (χ3v) is 9.22. The predicted octanol–water partition coefficient (Wildman–Crippen LogP) is 4.26. The number of aryl methyl sites for hydroxylation is 1. The van der Waals surface area contributed by atoms with E-state index in [-0.39, 0.29) is 35.6 Å².